The molecule has 3 rings (SSSR count). The van der Waals surface area contributed by atoms with Crippen LogP contribution in [0.5, 0.6) is 0 Å². The average molecular weight is 378 g/mol. The lowest BCUT2D eigenvalue weighted by molar-refractivity contribution is 0.0158. The highest BCUT2D eigenvalue weighted by atomic mass is 35.5. The number of rotatable bonds is 6. The van der Waals surface area contributed by atoms with Crippen LogP contribution in [0.15, 0.2) is 47.6 Å². The smallest absolute Gasteiger partial charge is 0.144 e. The predicted molar refractivity (Wildman–Crippen MR) is 110 cm³/mol. The number of fused-ring (bicyclic) bond motifs is 1. The lowest BCUT2D eigenvalue weighted by Crippen LogP contribution is -2.38. The predicted octanol–water partition coefficient (Wildman–Crippen LogP) is 3.87. The first-order valence-corrected chi connectivity index (χ1v) is 9.04. The van der Waals surface area contributed by atoms with Gasteiger partial charge in [-0.05, 0) is 44.3 Å². The van der Waals surface area contributed by atoms with E-state index in [-0.39, 0.29) is 19.0 Å². The van der Waals surface area contributed by atoms with Crippen molar-refractivity contribution in [3.63, 3.8) is 0 Å². The van der Waals surface area contributed by atoms with Crippen molar-refractivity contribution in [2.45, 2.75) is 32.3 Å². The topological polar surface area (TPSA) is 57.1 Å². The summed E-state index contributed by atoms with van der Waals surface area (Å²) in [7, 11) is 0. The Kier molecular flexibility index (Phi) is 8.16. The fraction of sp³-hybridized carbons (Fsp3) is 0.450. The molecular formula is C20H28ClN3O2. The Labute approximate surface area is 161 Å². The van der Waals surface area contributed by atoms with Gasteiger partial charge in [-0.25, -0.2) is 0 Å². The van der Waals surface area contributed by atoms with Crippen LogP contribution in [-0.2, 0) is 4.84 Å². The third-order valence-corrected chi connectivity index (χ3v) is 4.49. The lowest BCUT2D eigenvalue weighted by Gasteiger charge is -2.27. The van der Waals surface area contributed by atoms with E-state index in [1.54, 1.807) is 0 Å². The summed E-state index contributed by atoms with van der Waals surface area (Å²) >= 11 is 0. The molecule has 2 N–H and O–H groups in total. The van der Waals surface area contributed by atoms with E-state index in [1.807, 2.05) is 31.2 Å². The summed E-state index contributed by atoms with van der Waals surface area (Å²) in [4.78, 5) is 7.63. The number of hydrogen-bond acceptors (Lipinski definition) is 4. The van der Waals surface area contributed by atoms with Gasteiger partial charge in [0.2, 0.25) is 0 Å². The number of nitrogens with one attached hydrogen (secondary N) is 1. The van der Waals surface area contributed by atoms with E-state index < -0.39 is 6.10 Å². The van der Waals surface area contributed by atoms with Crippen molar-refractivity contribution < 1.29 is 9.94 Å². The number of halogens is 1. The Hall–Kier alpha value is -1.82. The van der Waals surface area contributed by atoms with Crippen LogP contribution in [-0.4, -0.2) is 48.2 Å². The van der Waals surface area contributed by atoms with Crippen molar-refractivity contribution in [1.82, 2.24) is 4.90 Å². The maximum Gasteiger partial charge on any atom is 0.144 e. The van der Waals surface area contributed by atoms with Gasteiger partial charge >= 0.3 is 0 Å². The molecule has 0 aliphatic carbocycles. The first-order valence-electron chi connectivity index (χ1n) is 9.04. The van der Waals surface area contributed by atoms with Crippen LogP contribution in [0, 0.1) is 0 Å². The van der Waals surface area contributed by atoms with Gasteiger partial charge in [0, 0.05) is 17.6 Å². The quantitative estimate of drug-likeness (QED) is 0.456. The van der Waals surface area contributed by atoms with E-state index in [2.05, 4.69) is 33.6 Å². The zero-order chi connectivity index (χ0) is 17.5. The van der Waals surface area contributed by atoms with E-state index in [0.29, 0.717) is 12.4 Å². The largest absolute Gasteiger partial charge is 0.392 e. The molecule has 1 aliphatic heterocycles. The third kappa shape index (κ3) is 5.87. The Balaban J connectivity index is 0.00000243. The van der Waals surface area contributed by atoms with Crippen molar-refractivity contribution in [3.8, 4) is 0 Å². The summed E-state index contributed by atoms with van der Waals surface area (Å²) in [6.45, 7) is 4.87. The molecule has 0 spiro atoms. The molecule has 6 heteroatoms. The average Bonchev–Trinajstić information content (AvgIpc) is 2.63. The molecule has 1 fully saturated rings. The lowest BCUT2D eigenvalue weighted by atomic mass is 10.1. The van der Waals surface area contributed by atoms with E-state index in [4.69, 9.17) is 4.84 Å². The second kappa shape index (κ2) is 10.4. The maximum atomic E-state index is 10.1. The molecule has 2 aromatic rings. The van der Waals surface area contributed by atoms with Crippen molar-refractivity contribution in [3.05, 3.63) is 42.5 Å². The fourth-order valence-electron chi connectivity index (χ4n) is 3.26. The minimum atomic E-state index is -0.507. The number of aliphatic hydroxyl groups excluding tert-OH is 1. The van der Waals surface area contributed by atoms with Gasteiger partial charge in [0.15, 0.2) is 0 Å². The first kappa shape index (κ1) is 20.5. The van der Waals surface area contributed by atoms with Crippen LogP contribution >= 0.6 is 12.4 Å². The minimum absolute atomic E-state index is 0. The molecule has 1 heterocycles. The standard InChI is InChI=1S/C20H27N3O2.ClH/c1-16(21-20-11-7-9-17-8-3-4-10-19(17)20)22-25-15-18(24)14-23-12-5-2-6-13-23;/h3-4,7-11,18,24H,2,5-6,12-15H2,1H3,(H,21,22);1H. The highest BCUT2D eigenvalue weighted by molar-refractivity contribution is 6.03. The van der Waals surface area contributed by atoms with E-state index >= 15 is 0 Å². The minimum Gasteiger partial charge on any atom is -0.392 e. The number of aliphatic hydroxyl groups is 1. The molecule has 142 valence electrons. The number of nitrogens with zero attached hydrogens (tertiary/aromatic N) is 2. The Morgan fingerprint density at radius 2 is 1.88 bits per heavy atom. The van der Waals surface area contributed by atoms with Crippen LogP contribution in [0.1, 0.15) is 26.2 Å². The number of benzene rings is 2. The van der Waals surface area contributed by atoms with Gasteiger partial charge in [0.1, 0.15) is 18.5 Å². The summed E-state index contributed by atoms with van der Waals surface area (Å²) in [5.74, 6) is 0.668. The van der Waals surface area contributed by atoms with E-state index in [9.17, 15) is 5.11 Å². The summed E-state index contributed by atoms with van der Waals surface area (Å²) in [6, 6.07) is 14.3. The zero-order valence-corrected chi connectivity index (χ0v) is 16.0. The van der Waals surface area contributed by atoms with E-state index in [1.165, 1.54) is 24.6 Å². The number of anilines is 1. The molecule has 0 saturated carbocycles. The van der Waals surface area contributed by atoms with Gasteiger partial charge in [-0.15, -0.1) is 12.4 Å². The first-order chi connectivity index (χ1) is 12.2. The number of β-amino-alcohol motifs (C(OH)–C–C–N with tert-alkyl or cyclic N) is 1. The van der Waals surface area contributed by atoms with Gasteiger partial charge in [0.25, 0.3) is 0 Å². The molecule has 0 bridgehead atoms. The summed E-state index contributed by atoms with van der Waals surface area (Å²) < 4.78 is 0. The third-order valence-electron chi connectivity index (χ3n) is 4.49. The summed E-state index contributed by atoms with van der Waals surface area (Å²) in [6.07, 6.45) is 3.23. The number of hydrogen-bond donors (Lipinski definition) is 2. The zero-order valence-electron chi connectivity index (χ0n) is 15.2. The van der Waals surface area contributed by atoms with Crippen molar-refractivity contribution in [1.29, 1.82) is 0 Å². The molecule has 1 atom stereocenters. The molecule has 1 unspecified atom stereocenters. The molecule has 1 saturated heterocycles. The van der Waals surface area contributed by atoms with Crippen LogP contribution < -0.4 is 5.32 Å². The van der Waals surface area contributed by atoms with Gasteiger partial charge in [-0.1, -0.05) is 48.0 Å². The van der Waals surface area contributed by atoms with Gasteiger partial charge in [-0.2, -0.15) is 0 Å². The van der Waals surface area contributed by atoms with Crippen molar-refractivity contribution >= 4 is 34.7 Å². The van der Waals surface area contributed by atoms with Crippen molar-refractivity contribution in [2.75, 3.05) is 31.6 Å². The second-order valence-electron chi connectivity index (χ2n) is 6.64. The van der Waals surface area contributed by atoms with Gasteiger partial charge in [0.05, 0.1) is 0 Å². The van der Waals surface area contributed by atoms with E-state index in [0.717, 1.165) is 24.2 Å². The highest BCUT2D eigenvalue weighted by Gasteiger charge is 2.14. The molecule has 0 amide bonds. The molecule has 1 aliphatic rings. The normalized spacial score (nSPS) is 16.8. The summed E-state index contributed by atoms with van der Waals surface area (Å²) in [5, 5.41) is 19.8. The van der Waals surface area contributed by atoms with Crippen molar-refractivity contribution in [2.24, 2.45) is 5.16 Å². The number of piperidine rings is 1. The summed E-state index contributed by atoms with van der Waals surface area (Å²) in [5.41, 5.74) is 0.997. The molecule has 5 nitrogen and oxygen atoms in total. The maximum absolute atomic E-state index is 10.1. The molecule has 0 aromatic heterocycles. The second-order valence-corrected chi connectivity index (χ2v) is 6.64. The fourth-order valence-corrected chi connectivity index (χ4v) is 3.26. The van der Waals surface area contributed by atoms with Crippen LogP contribution in [0.25, 0.3) is 10.8 Å². The number of likely N-dealkylation sites (tertiary alicyclic amines) is 1. The SMILES string of the molecule is CC(=NOCC(O)CN1CCCCC1)Nc1cccc2ccccc12.Cl. The molecule has 2 aromatic carbocycles. The Morgan fingerprint density at radius 3 is 2.69 bits per heavy atom. The molecular weight excluding hydrogens is 350 g/mol. The van der Waals surface area contributed by atoms with Crippen LogP contribution in [0.2, 0.25) is 0 Å². The van der Waals surface area contributed by atoms with Gasteiger partial charge < -0.3 is 20.2 Å². The number of oxime groups is 1. The number of amidine groups is 1. The highest BCUT2D eigenvalue weighted by Crippen LogP contribution is 2.22. The monoisotopic (exact) mass is 377 g/mol. The molecule has 0 radical (unpaired) electrons. The Morgan fingerprint density at radius 1 is 1.15 bits per heavy atom. The Bertz CT molecular complexity index is 712. The van der Waals surface area contributed by atoms with Crippen LogP contribution in [0.3, 0.4) is 0 Å². The molecule has 26 heavy (non-hydrogen) atoms. The van der Waals surface area contributed by atoms with Crippen LogP contribution in [0.4, 0.5) is 5.69 Å². The van der Waals surface area contributed by atoms with Gasteiger partial charge in [-0.3, -0.25) is 0 Å².